The van der Waals surface area contributed by atoms with Crippen LogP contribution in [-0.4, -0.2) is 29.3 Å². The number of rotatable bonds is 5. The molecule has 3 heterocycles. The Morgan fingerprint density at radius 1 is 0.889 bits per heavy atom. The van der Waals surface area contributed by atoms with E-state index in [1.165, 1.54) is 17.3 Å². The van der Waals surface area contributed by atoms with Crippen molar-refractivity contribution in [1.82, 2.24) is 29.3 Å². The summed E-state index contributed by atoms with van der Waals surface area (Å²) in [7, 11) is 0. The number of fused-ring (bicyclic) bond motifs is 3. The van der Waals surface area contributed by atoms with Crippen molar-refractivity contribution < 1.29 is 4.52 Å². The van der Waals surface area contributed by atoms with Gasteiger partial charge in [0, 0.05) is 5.56 Å². The molecule has 3 aromatic heterocycles. The highest BCUT2D eigenvalue weighted by Gasteiger charge is 2.20. The Labute approximate surface area is 210 Å². The maximum atomic E-state index is 13.6. The van der Waals surface area contributed by atoms with Gasteiger partial charge in [0.15, 0.2) is 5.16 Å². The minimum atomic E-state index is -0.126. The number of hydrogen-bond donors (Lipinski definition) is 0. The Morgan fingerprint density at radius 2 is 1.64 bits per heavy atom. The molecule has 0 aliphatic heterocycles. The average Bonchev–Trinajstić information content (AvgIpc) is 3.52. The van der Waals surface area contributed by atoms with E-state index in [0.29, 0.717) is 33.8 Å². The standard InChI is InChI=1S/C27H22N6O2S/c1-16-11-13-19(14-12-16)24-28-22(35-31-24)15-36-27-30-29-26-32(27)21-10-5-4-9-20(21)25(34)33(26)23-17(2)7-6-8-18(23)3/h4-14H,15H2,1-3H3. The maximum absolute atomic E-state index is 13.6. The van der Waals surface area contributed by atoms with Crippen molar-refractivity contribution in [2.75, 3.05) is 0 Å². The van der Waals surface area contributed by atoms with Gasteiger partial charge in [-0.15, -0.1) is 10.2 Å². The lowest BCUT2D eigenvalue weighted by Crippen LogP contribution is -2.23. The Kier molecular flexibility index (Phi) is 5.41. The molecular formula is C27H22N6O2S. The van der Waals surface area contributed by atoms with E-state index in [-0.39, 0.29) is 5.56 Å². The van der Waals surface area contributed by atoms with Gasteiger partial charge in [-0.05, 0) is 44.0 Å². The fourth-order valence-electron chi connectivity index (χ4n) is 4.39. The molecule has 8 nitrogen and oxygen atoms in total. The van der Waals surface area contributed by atoms with Crippen LogP contribution in [0.15, 0.2) is 81.2 Å². The molecule has 0 aliphatic rings. The number of aryl methyl sites for hydroxylation is 3. The van der Waals surface area contributed by atoms with E-state index in [9.17, 15) is 4.79 Å². The molecule has 0 N–H and O–H groups in total. The van der Waals surface area contributed by atoms with Crippen LogP contribution in [0.3, 0.4) is 0 Å². The summed E-state index contributed by atoms with van der Waals surface area (Å²) in [6.07, 6.45) is 0. The zero-order valence-corrected chi connectivity index (χ0v) is 20.8. The minimum absolute atomic E-state index is 0.126. The normalized spacial score (nSPS) is 11.5. The van der Waals surface area contributed by atoms with Crippen molar-refractivity contribution in [3.63, 3.8) is 0 Å². The van der Waals surface area contributed by atoms with Gasteiger partial charge in [-0.3, -0.25) is 9.20 Å². The van der Waals surface area contributed by atoms with E-state index < -0.39 is 0 Å². The second-order valence-electron chi connectivity index (χ2n) is 8.68. The van der Waals surface area contributed by atoms with Crippen molar-refractivity contribution >= 4 is 28.4 Å². The predicted octanol–water partition coefficient (Wildman–Crippen LogP) is 5.30. The van der Waals surface area contributed by atoms with Crippen LogP contribution in [0.2, 0.25) is 0 Å². The van der Waals surface area contributed by atoms with Gasteiger partial charge in [-0.2, -0.15) is 4.98 Å². The third-order valence-electron chi connectivity index (χ3n) is 6.16. The first-order valence-electron chi connectivity index (χ1n) is 11.5. The SMILES string of the molecule is Cc1ccc(-c2noc(CSc3nnc4n(-c5c(C)cccc5C)c(=O)c5ccccc5n34)n2)cc1. The highest BCUT2D eigenvalue weighted by Crippen LogP contribution is 2.27. The molecule has 0 fully saturated rings. The van der Waals surface area contributed by atoms with Gasteiger partial charge in [-0.1, -0.05) is 77.1 Å². The molecule has 178 valence electrons. The number of para-hydroxylation sites is 2. The van der Waals surface area contributed by atoms with Crippen molar-refractivity contribution in [1.29, 1.82) is 0 Å². The summed E-state index contributed by atoms with van der Waals surface area (Å²) in [5.74, 6) is 1.91. The van der Waals surface area contributed by atoms with Gasteiger partial charge >= 0.3 is 0 Å². The second kappa shape index (κ2) is 8.76. The first-order valence-corrected chi connectivity index (χ1v) is 12.5. The van der Waals surface area contributed by atoms with Gasteiger partial charge in [0.2, 0.25) is 17.5 Å². The van der Waals surface area contributed by atoms with Crippen LogP contribution < -0.4 is 5.56 Å². The Bertz CT molecular complexity index is 1780. The van der Waals surface area contributed by atoms with E-state index in [2.05, 4.69) is 20.3 Å². The summed E-state index contributed by atoms with van der Waals surface area (Å²) in [5.41, 5.74) is 5.49. The first-order chi connectivity index (χ1) is 17.5. The third kappa shape index (κ3) is 3.68. The fraction of sp³-hybridized carbons (Fsp3) is 0.148. The molecule has 9 heteroatoms. The Morgan fingerprint density at radius 3 is 2.42 bits per heavy atom. The number of nitrogens with zero attached hydrogens (tertiary/aromatic N) is 6. The average molecular weight is 495 g/mol. The molecule has 0 aliphatic carbocycles. The molecule has 6 aromatic rings. The highest BCUT2D eigenvalue weighted by molar-refractivity contribution is 7.98. The van der Waals surface area contributed by atoms with E-state index in [4.69, 9.17) is 4.52 Å². The summed E-state index contributed by atoms with van der Waals surface area (Å²) in [4.78, 5) is 18.2. The van der Waals surface area contributed by atoms with Crippen molar-refractivity contribution in [2.24, 2.45) is 0 Å². The van der Waals surface area contributed by atoms with Crippen LogP contribution in [0.25, 0.3) is 33.8 Å². The molecular weight excluding hydrogens is 472 g/mol. The smallest absolute Gasteiger partial charge is 0.267 e. The maximum Gasteiger partial charge on any atom is 0.267 e. The molecule has 0 saturated heterocycles. The van der Waals surface area contributed by atoms with Crippen LogP contribution in [0.5, 0.6) is 0 Å². The van der Waals surface area contributed by atoms with Gasteiger partial charge in [-0.25, -0.2) is 4.57 Å². The van der Waals surface area contributed by atoms with Crippen LogP contribution >= 0.6 is 11.8 Å². The molecule has 0 spiro atoms. The van der Waals surface area contributed by atoms with Crippen LogP contribution in [-0.2, 0) is 5.75 Å². The molecule has 36 heavy (non-hydrogen) atoms. The summed E-state index contributed by atoms with van der Waals surface area (Å²) in [5, 5.41) is 14.3. The Balaban J connectivity index is 1.44. The van der Waals surface area contributed by atoms with Gasteiger partial charge < -0.3 is 4.52 Å². The van der Waals surface area contributed by atoms with Gasteiger partial charge in [0.05, 0.1) is 22.3 Å². The lowest BCUT2D eigenvalue weighted by atomic mass is 10.1. The second-order valence-corrected chi connectivity index (χ2v) is 9.63. The number of thioether (sulfide) groups is 1. The summed E-state index contributed by atoms with van der Waals surface area (Å²) in [6, 6.07) is 21.5. The molecule has 0 bridgehead atoms. The van der Waals surface area contributed by atoms with Crippen molar-refractivity contribution in [3.05, 3.63) is 99.7 Å². The fourth-order valence-corrected chi connectivity index (χ4v) is 5.17. The molecule has 0 radical (unpaired) electrons. The van der Waals surface area contributed by atoms with E-state index in [0.717, 1.165) is 27.9 Å². The molecule has 0 saturated carbocycles. The third-order valence-corrected chi connectivity index (χ3v) is 7.07. The number of benzene rings is 3. The summed E-state index contributed by atoms with van der Waals surface area (Å²) < 4.78 is 9.08. The summed E-state index contributed by atoms with van der Waals surface area (Å²) in [6.45, 7) is 6.02. The molecule has 0 atom stereocenters. The highest BCUT2D eigenvalue weighted by atomic mass is 32.2. The number of hydrogen-bond acceptors (Lipinski definition) is 7. The summed E-state index contributed by atoms with van der Waals surface area (Å²) >= 11 is 1.43. The zero-order chi connectivity index (χ0) is 24.8. The van der Waals surface area contributed by atoms with Gasteiger partial charge in [0.25, 0.3) is 5.56 Å². The lowest BCUT2D eigenvalue weighted by Gasteiger charge is -2.15. The zero-order valence-electron chi connectivity index (χ0n) is 20.0. The lowest BCUT2D eigenvalue weighted by molar-refractivity contribution is 0.391. The molecule has 3 aromatic carbocycles. The molecule has 6 rings (SSSR count). The van der Waals surface area contributed by atoms with Crippen molar-refractivity contribution in [3.8, 4) is 17.1 Å². The quantitative estimate of drug-likeness (QED) is 0.300. The van der Waals surface area contributed by atoms with E-state index in [1.807, 2.05) is 91.9 Å². The topological polar surface area (TPSA) is 91.1 Å². The first kappa shape index (κ1) is 22.2. The van der Waals surface area contributed by atoms with Gasteiger partial charge in [0.1, 0.15) is 0 Å². The van der Waals surface area contributed by atoms with Crippen molar-refractivity contribution in [2.45, 2.75) is 31.7 Å². The largest absolute Gasteiger partial charge is 0.338 e. The monoisotopic (exact) mass is 494 g/mol. The van der Waals surface area contributed by atoms with Crippen LogP contribution in [0, 0.1) is 20.8 Å². The molecule has 0 unspecified atom stereocenters. The van der Waals surface area contributed by atoms with Crippen LogP contribution in [0.4, 0.5) is 0 Å². The van der Waals surface area contributed by atoms with Crippen LogP contribution in [0.1, 0.15) is 22.6 Å². The molecule has 0 amide bonds. The van der Waals surface area contributed by atoms with E-state index >= 15 is 0 Å². The minimum Gasteiger partial charge on any atom is -0.338 e. The Hall–Kier alpha value is -4.24. The number of aromatic nitrogens is 6. The predicted molar refractivity (Wildman–Crippen MR) is 140 cm³/mol. The van der Waals surface area contributed by atoms with E-state index in [1.54, 1.807) is 4.57 Å².